The number of nitrogens with zero attached hydrogens (tertiary/aromatic N) is 1. The van der Waals surface area contributed by atoms with E-state index in [0.29, 0.717) is 46.0 Å². The molecule has 0 spiro atoms. The number of aliphatic carboxylic acids is 1. The minimum atomic E-state index is -0.802. The maximum absolute atomic E-state index is 12.8. The van der Waals surface area contributed by atoms with Crippen LogP contribution in [-0.4, -0.2) is 32.7 Å². The van der Waals surface area contributed by atoms with Crippen molar-refractivity contribution in [2.75, 3.05) is 6.54 Å². The first-order valence-corrected chi connectivity index (χ1v) is 11.5. The number of hydrogen-bond donors (Lipinski definition) is 1. The zero-order valence-corrected chi connectivity index (χ0v) is 19.1. The van der Waals surface area contributed by atoms with Crippen LogP contribution in [0.3, 0.4) is 0 Å². The van der Waals surface area contributed by atoms with E-state index in [-0.39, 0.29) is 12.3 Å². The molecule has 1 aliphatic rings. The topological polar surface area (TPSA) is 66.8 Å². The van der Waals surface area contributed by atoms with Gasteiger partial charge in [-0.3, -0.25) is 14.5 Å². The molecule has 31 heavy (non-hydrogen) atoms. The predicted molar refractivity (Wildman–Crippen MR) is 128 cm³/mol. The number of carbonyl (C=O) groups excluding carboxylic acids is 1. The fourth-order valence-electron chi connectivity index (χ4n) is 3.06. The number of amides is 1. The molecule has 3 rings (SSSR count). The van der Waals surface area contributed by atoms with E-state index < -0.39 is 5.97 Å². The fraction of sp³-hybridized carbons (Fsp3) is 0.261. The molecule has 0 saturated carbocycles. The number of carboxylic acid groups (broad SMARTS) is 1. The normalized spacial score (nSPS) is 15.0. The Morgan fingerprint density at radius 2 is 1.87 bits per heavy atom. The Morgan fingerprint density at radius 3 is 2.65 bits per heavy atom. The van der Waals surface area contributed by atoms with Crippen LogP contribution in [0.2, 0.25) is 5.02 Å². The maximum atomic E-state index is 12.8. The third kappa shape index (κ3) is 6.56. The van der Waals surface area contributed by atoms with Gasteiger partial charge in [0.2, 0.25) is 0 Å². The van der Waals surface area contributed by atoms with Crippen LogP contribution in [0.5, 0.6) is 5.75 Å². The summed E-state index contributed by atoms with van der Waals surface area (Å²) in [7, 11) is 0. The third-order valence-corrected chi connectivity index (χ3v) is 6.44. The molecule has 2 aromatic carbocycles. The van der Waals surface area contributed by atoms with E-state index in [0.717, 1.165) is 17.5 Å². The number of unbranched alkanes of at least 4 members (excludes halogenated alkanes) is 2. The zero-order chi connectivity index (χ0) is 22.2. The Balaban J connectivity index is 1.65. The lowest BCUT2D eigenvalue weighted by Crippen LogP contribution is -2.29. The molecule has 162 valence electrons. The van der Waals surface area contributed by atoms with Gasteiger partial charge in [0, 0.05) is 29.1 Å². The Labute approximate surface area is 196 Å². The molecule has 1 fully saturated rings. The number of carboxylic acids is 1. The molecule has 0 atom stereocenters. The van der Waals surface area contributed by atoms with Crippen LogP contribution in [0, 0.1) is 0 Å². The van der Waals surface area contributed by atoms with E-state index in [2.05, 4.69) is 0 Å². The molecular weight excluding hydrogens is 454 g/mol. The van der Waals surface area contributed by atoms with Crippen molar-refractivity contribution in [3.63, 3.8) is 0 Å². The molecule has 5 nitrogen and oxygen atoms in total. The summed E-state index contributed by atoms with van der Waals surface area (Å²) in [5, 5.41) is 9.35. The van der Waals surface area contributed by atoms with Gasteiger partial charge in [0.1, 0.15) is 16.7 Å². The molecule has 0 bridgehead atoms. The quantitative estimate of drug-likeness (QED) is 0.267. The molecule has 1 heterocycles. The molecule has 0 aromatic heterocycles. The lowest BCUT2D eigenvalue weighted by Gasteiger charge is -2.14. The highest BCUT2D eigenvalue weighted by molar-refractivity contribution is 8.26. The van der Waals surface area contributed by atoms with Gasteiger partial charge in [0.25, 0.3) is 5.91 Å². The van der Waals surface area contributed by atoms with E-state index in [1.165, 1.54) is 11.8 Å². The number of thiocarbonyl (C=S) groups is 1. The van der Waals surface area contributed by atoms with E-state index in [1.54, 1.807) is 11.0 Å². The Morgan fingerprint density at radius 1 is 1.13 bits per heavy atom. The van der Waals surface area contributed by atoms with Crippen LogP contribution < -0.4 is 4.74 Å². The zero-order valence-electron chi connectivity index (χ0n) is 16.8. The number of thioether (sulfide) groups is 1. The van der Waals surface area contributed by atoms with Crippen molar-refractivity contribution in [3.8, 4) is 5.75 Å². The van der Waals surface area contributed by atoms with Gasteiger partial charge in [0.15, 0.2) is 0 Å². The van der Waals surface area contributed by atoms with Crippen molar-refractivity contribution < 1.29 is 19.4 Å². The molecule has 2 aromatic rings. The van der Waals surface area contributed by atoms with Crippen molar-refractivity contribution in [3.05, 3.63) is 69.6 Å². The van der Waals surface area contributed by atoms with Crippen LogP contribution >= 0.6 is 35.6 Å². The Kier molecular flexibility index (Phi) is 8.51. The maximum Gasteiger partial charge on any atom is 0.303 e. The number of ether oxygens (including phenoxy) is 1. The Hall–Kier alpha value is -2.35. The second kappa shape index (κ2) is 11.3. The van der Waals surface area contributed by atoms with Crippen LogP contribution in [0.15, 0.2) is 53.4 Å². The fourth-order valence-corrected chi connectivity index (χ4v) is 4.55. The second-order valence-electron chi connectivity index (χ2n) is 6.96. The van der Waals surface area contributed by atoms with Gasteiger partial charge < -0.3 is 9.84 Å². The number of carbonyl (C=O) groups is 2. The minimum Gasteiger partial charge on any atom is -0.488 e. The third-order valence-electron chi connectivity index (χ3n) is 4.69. The number of hydrogen-bond acceptors (Lipinski definition) is 5. The van der Waals surface area contributed by atoms with Gasteiger partial charge in [-0.05, 0) is 31.1 Å². The first-order chi connectivity index (χ1) is 15.0. The highest BCUT2D eigenvalue weighted by Crippen LogP contribution is 2.34. The summed E-state index contributed by atoms with van der Waals surface area (Å²) in [5.74, 6) is -0.278. The molecule has 1 amide bonds. The molecule has 8 heteroatoms. The van der Waals surface area contributed by atoms with Crippen molar-refractivity contribution in [2.24, 2.45) is 0 Å². The van der Waals surface area contributed by atoms with Crippen LogP contribution in [0.25, 0.3) is 6.08 Å². The average Bonchev–Trinajstić information content (AvgIpc) is 3.01. The standard InChI is InChI=1S/C23H22ClNO4S2/c24-18-10-5-3-9-17(18)15-29-19-11-6-4-8-16(19)14-20-22(28)25(23(30)31-20)13-7-1-2-12-21(26)27/h3-6,8-11,14H,1-2,7,12-13,15H2,(H,26,27)/b20-14-. The average molecular weight is 476 g/mol. The summed E-state index contributed by atoms with van der Waals surface area (Å²) < 4.78 is 6.49. The summed E-state index contributed by atoms with van der Waals surface area (Å²) in [6.45, 7) is 0.814. The predicted octanol–water partition coefficient (Wildman–Crippen LogP) is 5.77. The lowest BCUT2D eigenvalue weighted by atomic mass is 10.1. The molecule has 0 unspecified atom stereocenters. The Bertz CT molecular complexity index is 1010. The van der Waals surface area contributed by atoms with E-state index >= 15 is 0 Å². The molecule has 0 radical (unpaired) electrons. The summed E-state index contributed by atoms with van der Waals surface area (Å²) >= 11 is 12.9. The van der Waals surface area contributed by atoms with Gasteiger partial charge in [0.05, 0.1) is 4.91 Å². The van der Waals surface area contributed by atoms with Crippen molar-refractivity contribution in [1.82, 2.24) is 4.90 Å². The number of para-hydroxylation sites is 1. The van der Waals surface area contributed by atoms with E-state index in [9.17, 15) is 9.59 Å². The van der Waals surface area contributed by atoms with E-state index in [1.807, 2.05) is 48.5 Å². The molecule has 1 aliphatic heterocycles. The van der Waals surface area contributed by atoms with Crippen LogP contribution in [-0.2, 0) is 16.2 Å². The largest absolute Gasteiger partial charge is 0.488 e. The lowest BCUT2D eigenvalue weighted by molar-refractivity contribution is -0.137. The summed E-state index contributed by atoms with van der Waals surface area (Å²) in [5.41, 5.74) is 1.67. The van der Waals surface area contributed by atoms with Gasteiger partial charge in [-0.15, -0.1) is 0 Å². The summed E-state index contributed by atoms with van der Waals surface area (Å²) in [6.07, 6.45) is 3.98. The van der Waals surface area contributed by atoms with Crippen molar-refractivity contribution >= 4 is 57.9 Å². The van der Waals surface area contributed by atoms with Gasteiger partial charge >= 0.3 is 5.97 Å². The van der Waals surface area contributed by atoms with Crippen LogP contribution in [0.4, 0.5) is 0 Å². The first-order valence-electron chi connectivity index (χ1n) is 9.88. The minimum absolute atomic E-state index is 0.130. The second-order valence-corrected chi connectivity index (χ2v) is 9.04. The molecule has 1 saturated heterocycles. The van der Waals surface area contributed by atoms with Gasteiger partial charge in [-0.25, -0.2) is 0 Å². The molecule has 1 N–H and O–H groups in total. The summed E-state index contributed by atoms with van der Waals surface area (Å²) in [6, 6.07) is 15.0. The molecular formula is C23H22ClNO4S2. The number of benzene rings is 2. The van der Waals surface area contributed by atoms with Crippen molar-refractivity contribution in [2.45, 2.75) is 32.3 Å². The number of halogens is 1. The SMILES string of the molecule is O=C(O)CCCCCN1C(=O)/C(=C/c2ccccc2OCc2ccccc2Cl)SC1=S. The van der Waals surface area contributed by atoms with E-state index in [4.69, 9.17) is 33.7 Å². The monoisotopic (exact) mass is 475 g/mol. The molecule has 0 aliphatic carbocycles. The number of rotatable bonds is 10. The van der Waals surface area contributed by atoms with Crippen molar-refractivity contribution in [1.29, 1.82) is 0 Å². The highest BCUT2D eigenvalue weighted by atomic mass is 35.5. The smallest absolute Gasteiger partial charge is 0.303 e. The van der Waals surface area contributed by atoms with Crippen LogP contribution in [0.1, 0.15) is 36.8 Å². The summed E-state index contributed by atoms with van der Waals surface area (Å²) in [4.78, 5) is 25.6. The van der Waals surface area contributed by atoms with Gasteiger partial charge in [-0.2, -0.15) is 0 Å². The highest BCUT2D eigenvalue weighted by Gasteiger charge is 2.31. The van der Waals surface area contributed by atoms with Gasteiger partial charge in [-0.1, -0.05) is 78.4 Å². The first kappa shape index (κ1) is 23.3.